The van der Waals surface area contributed by atoms with Gasteiger partial charge in [-0.15, -0.1) is 0 Å². The number of nitrogens with zero attached hydrogens (tertiary/aromatic N) is 4. The molecule has 1 fully saturated rings. The van der Waals surface area contributed by atoms with Crippen LogP contribution in [0, 0.1) is 11.8 Å². The number of hydrogen-bond acceptors (Lipinski definition) is 4. The molecule has 2 aromatic rings. The van der Waals surface area contributed by atoms with Gasteiger partial charge in [0.2, 0.25) is 0 Å². The van der Waals surface area contributed by atoms with Gasteiger partial charge in [0.15, 0.2) is 0 Å². The van der Waals surface area contributed by atoms with E-state index in [9.17, 15) is 9.59 Å². The van der Waals surface area contributed by atoms with Gasteiger partial charge in [0.1, 0.15) is 5.78 Å². The van der Waals surface area contributed by atoms with E-state index in [0.29, 0.717) is 31.0 Å². The highest BCUT2D eigenvalue weighted by atomic mass is 16.2. The lowest BCUT2D eigenvalue weighted by Crippen LogP contribution is -2.42. The van der Waals surface area contributed by atoms with Gasteiger partial charge in [-0.25, -0.2) is 0 Å². The summed E-state index contributed by atoms with van der Waals surface area (Å²) in [7, 11) is 1.86. The van der Waals surface area contributed by atoms with Gasteiger partial charge in [-0.3, -0.25) is 19.3 Å². The number of carbonyl (C=O) groups is 2. The number of ketones is 1. The molecule has 0 saturated carbocycles. The maximum absolute atomic E-state index is 12.8. The zero-order chi connectivity index (χ0) is 18.7. The zero-order valence-corrected chi connectivity index (χ0v) is 15.7. The first-order valence-corrected chi connectivity index (χ1v) is 9.21. The van der Waals surface area contributed by atoms with Crippen LogP contribution in [-0.4, -0.2) is 44.4 Å². The number of hydrogen-bond donors (Lipinski definition) is 0. The summed E-state index contributed by atoms with van der Waals surface area (Å²) in [5, 5.41) is 4.14. The summed E-state index contributed by atoms with van der Waals surface area (Å²) >= 11 is 0. The molecule has 0 radical (unpaired) electrons. The van der Waals surface area contributed by atoms with Crippen LogP contribution in [0.15, 0.2) is 30.7 Å². The Morgan fingerprint density at radius 2 is 2.08 bits per heavy atom. The average molecular weight is 354 g/mol. The minimum atomic E-state index is -0.0442. The number of Topliss-reactive ketones (excluding diaryl/α,β-unsaturated/α-hetero) is 1. The van der Waals surface area contributed by atoms with Gasteiger partial charge in [-0.1, -0.05) is 13.8 Å². The first-order valence-electron chi connectivity index (χ1n) is 9.21. The Labute approximate surface area is 154 Å². The molecule has 0 unspecified atom stereocenters. The molecule has 1 saturated heterocycles. The molecule has 2 aromatic heterocycles. The molecule has 6 heteroatoms. The van der Waals surface area contributed by atoms with E-state index in [0.717, 1.165) is 24.1 Å². The zero-order valence-electron chi connectivity index (χ0n) is 15.7. The normalized spacial score (nSPS) is 17.5. The van der Waals surface area contributed by atoms with Crippen molar-refractivity contribution in [3.05, 3.63) is 36.3 Å². The first-order chi connectivity index (χ1) is 12.4. The standard InChI is InChI=1S/C20H26N4O2/c1-14(2)9-19(25)16-5-4-8-24(13-16)20(26)15-6-7-18(21-10-15)17-11-22-23(3)12-17/h6-7,10-12,14,16H,4-5,8-9,13H2,1-3H3/t16-/m0/s1. The molecule has 0 spiro atoms. The third-order valence-corrected chi connectivity index (χ3v) is 4.78. The third kappa shape index (κ3) is 4.18. The molecule has 3 rings (SSSR count). The Kier molecular flexibility index (Phi) is 5.49. The molecule has 138 valence electrons. The molecule has 0 bridgehead atoms. The molecule has 1 aliphatic heterocycles. The monoisotopic (exact) mass is 354 g/mol. The number of likely N-dealkylation sites (tertiary alicyclic amines) is 1. The molecule has 3 heterocycles. The van der Waals surface area contributed by atoms with Crippen LogP contribution in [-0.2, 0) is 11.8 Å². The summed E-state index contributed by atoms with van der Waals surface area (Å²) in [5.74, 6) is 0.565. The molecule has 0 N–H and O–H groups in total. The highest BCUT2D eigenvalue weighted by Crippen LogP contribution is 2.22. The number of amides is 1. The van der Waals surface area contributed by atoms with Crippen molar-refractivity contribution in [2.45, 2.75) is 33.1 Å². The lowest BCUT2D eigenvalue weighted by atomic mass is 9.89. The van der Waals surface area contributed by atoms with E-state index in [1.54, 1.807) is 28.0 Å². The summed E-state index contributed by atoms with van der Waals surface area (Å²) in [5.41, 5.74) is 2.27. The van der Waals surface area contributed by atoms with Crippen LogP contribution < -0.4 is 0 Å². The molecular weight excluding hydrogens is 328 g/mol. The smallest absolute Gasteiger partial charge is 0.255 e. The number of carbonyl (C=O) groups excluding carboxylic acids is 2. The minimum Gasteiger partial charge on any atom is -0.338 e. The number of rotatable bonds is 5. The quantitative estimate of drug-likeness (QED) is 0.828. The Hall–Kier alpha value is -2.50. The van der Waals surface area contributed by atoms with Gasteiger partial charge in [0.25, 0.3) is 5.91 Å². The number of aryl methyl sites for hydroxylation is 1. The molecular formula is C20H26N4O2. The fraction of sp³-hybridized carbons (Fsp3) is 0.500. The van der Waals surface area contributed by atoms with Crippen LogP contribution in [0.2, 0.25) is 0 Å². The van der Waals surface area contributed by atoms with E-state index in [4.69, 9.17) is 0 Å². The van der Waals surface area contributed by atoms with Gasteiger partial charge < -0.3 is 4.90 Å². The maximum atomic E-state index is 12.8. The van der Waals surface area contributed by atoms with E-state index < -0.39 is 0 Å². The molecule has 0 aliphatic carbocycles. The van der Waals surface area contributed by atoms with Crippen molar-refractivity contribution in [2.24, 2.45) is 18.9 Å². The summed E-state index contributed by atoms with van der Waals surface area (Å²) in [6, 6.07) is 3.65. The lowest BCUT2D eigenvalue weighted by molar-refractivity contribution is -0.124. The van der Waals surface area contributed by atoms with Crippen LogP contribution >= 0.6 is 0 Å². The van der Waals surface area contributed by atoms with Crippen LogP contribution in [0.25, 0.3) is 11.3 Å². The SMILES string of the molecule is CC(C)CC(=O)[C@H]1CCCN(C(=O)c2ccc(-c3cnn(C)c3)nc2)C1. The fourth-order valence-electron chi connectivity index (χ4n) is 3.42. The summed E-state index contributed by atoms with van der Waals surface area (Å²) in [6.07, 6.45) is 7.60. The number of pyridine rings is 1. The fourth-order valence-corrected chi connectivity index (χ4v) is 3.42. The summed E-state index contributed by atoms with van der Waals surface area (Å²) in [6.45, 7) is 5.33. The van der Waals surface area contributed by atoms with Gasteiger partial charge >= 0.3 is 0 Å². The van der Waals surface area contributed by atoms with Gasteiger partial charge in [0, 0.05) is 50.4 Å². The van der Waals surface area contributed by atoms with Crippen LogP contribution in [0.1, 0.15) is 43.5 Å². The number of aromatic nitrogens is 3. The van der Waals surface area contributed by atoms with Crippen molar-refractivity contribution in [2.75, 3.05) is 13.1 Å². The predicted molar refractivity (Wildman–Crippen MR) is 99.5 cm³/mol. The Bertz CT molecular complexity index is 779. The molecule has 1 amide bonds. The topological polar surface area (TPSA) is 68.1 Å². The van der Waals surface area contributed by atoms with E-state index in [1.165, 1.54) is 0 Å². The van der Waals surface area contributed by atoms with Gasteiger partial charge in [0.05, 0.1) is 17.5 Å². The van der Waals surface area contributed by atoms with Crippen LogP contribution in [0.5, 0.6) is 0 Å². The Morgan fingerprint density at radius 3 is 2.69 bits per heavy atom. The second-order valence-electron chi connectivity index (χ2n) is 7.49. The predicted octanol–water partition coefficient (Wildman–Crippen LogP) is 2.95. The molecule has 6 nitrogen and oxygen atoms in total. The minimum absolute atomic E-state index is 0.0299. The van der Waals surface area contributed by atoms with Crippen molar-refractivity contribution in [1.29, 1.82) is 0 Å². The van der Waals surface area contributed by atoms with Gasteiger partial charge in [-0.2, -0.15) is 5.10 Å². The first kappa shape index (κ1) is 18.3. The maximum Gasteiger partial charge on any atom is 0.255 e. The van der Waals surface area contributed by atoms with Crippen LogP contribution in [0.3, 0.4) is 0 Å². The number of piperidine rings is 1. The Balaban J connectivity index is 1.67. The molecule has 1 atom stereocenters. The largest absolute Gasteiger partial charge is 0.338 e. The highest BCUT2D eigenvalue weighted by molar-refractivity contribution is 5.94. The summed E-state index contributed by atoms with van der Waals surface area (Å²) in [4.78, 5) is 31.4. The van der Waals surface area contributed by atoms with Gasteiger partial charge in [-0.05, 0) is 30.9 Å². The molecule has 26 heavy (non-hydrogen) atoms. The summed E-state index contributed by atoms with van der Waals surface area (Å²) < 4.78 is 1.72. The van der Waals surface area contributed by atoms with Crippen molar-refractivity contribution >= 4 is 11.7 Å². The van der Waals surface area contributed by atoms with E-state index >= 15 is 0 Å². The molecule has 0 aromatic carbocycles. The molecule has 1 aliphatic rings. The van der Waals surface area contributed by atoms with Crippen molar-refractivity contribution in [1.82, 2.24) is 19.7 Å². The van der Waals surface area contributed by atoms with E-state index in [1.807, 2.05) is 19.3 Å². The van der Waals surface area contributed by atoms with E-state index in [-0.39, 0.29) is 17.6 Å². The van der Waals surface area contributed by atoms with Crippen molar-refractivity contribution < 1.29 is 9.59 Å². The van der Waals surface area contributed by atoms with Crippen molar-refractivity contribution in [3.63, 3.8) is 0 Å². The van der Waals surface area contributed by atoms with E-state index in [2.05, 4.69) is 23.9 Å². The third-order valence-electron chi connectivity index (χ3n) is 4.78. The lowest BCUT2D eigenvalue weighted by Gasteiger charge is -2.32. The van der Waals surface area contributed by atoms with Crippen LogP contribution in [0.4, 0.5) is 0 Å². The average Bonchev–Trinajstić information content (AvgIpc) is 3.07. The second kappa shape index (κ2) is 7.81. The Morgan fingerprint density at radius 1 is 1.27 bits per heavy atom. The highest BCUT2D eigenvalue weighted by Gasteiger charge is 2.29. The van der Waals surface area contributed by atoms with Crippen molar-refractivity contribution in [3.8, 4) is 11.3 Å². The second-order valence-corrected chi connectivity index (χ2v) is 7.49.